The molecule has 3 aromatic carbocycles. The normalized spacial score (nSPS) is 10.1. The Labute approximate surface area is 152 Å². The third kappa shape index (κ3) is 4.31. The number of benzene rings is 3. The maximum atomic E-state index is 11.3. The maximum absolute atomic E-state index is 11.3. The highest BCUT2D eigenvalue weighted by molar-refractivity contribution is 7.80. The third-order valence-corrected chi connectivity index (χ3v) is 4.01. The summed E-state index contributed by atoms with van der Waals surface area (Å²) >= 11 is 5.42. The standard InChI is InChI=1S/C21H18N2OS/c1-15(24)16-11-13-18(14-12-16)22-21(25)23-20-10-6-5-9-19(20)17-7-3-2-4-8-17/h2-14H,1H3,(H2,22,23,25). The number of ketones is 1. The lowest BCUT2D eigenvalue weighted by Gasteiger charge is -2.14. The van der Waals surface area contributed by atoms with Crippen LogP contribution in [-0.4, -0.2) is 10.9 Å². The van der Waals surface area contributed by atoms with Gasteiger partial charge in [-0.25, -0.2) is 0 Å². The van der Waals surface area contributed by atoms with E-state index in [0.717, 1.165) is 22.5 Å². The fraction of sp³-hybridized carbons (Fsp3) is 0.0476. The molecule has 0 bridgehead atoms. The fourth-order valence-corrected chi connectivity index (χ4v) is 2.76. The van der Waals surface area contributed by atoms with Gasteiger partial charge in [0.2, 0.25) is 0 Å². The van der Waals surface area contributed by atoms with Gasteiger partial charge in [0.25, 0.3) is 0 Å². The van der Waals surface area contributed by atoms with Gasteiger partial charge < -0.3 is 10.6 Å². The molecule has 0 fully saturated rings. The summed E-state index contributed by atoms with van der Waals surface area (Å²) in [5, 5.41) is 6.89. The van der Waals surface area contributed by atoms with Crippen LogP contribution in [0, 0.1) is 0 Å². The number of hydrogen-bond acceptors (Lipinski definition) is 2. The van der Waals surface area contributed by atoms with Crippen LogP contribution in [-0.2, 0) is 0 Å². The van der Waals surface area contributed by atoms with E-state index in [1.807, 2.05) is 48.5 Å². The number of thiocarbonyl (C=S) groups is 1. The Morgan fingerprint density at radius 2 is 1.44 bits per heavy atom. The summed E-state index contributed by atoms with van der Waals surface area (Å²) in [6.07, 6.45) is 0. The second kappa shape index (κ2) is 7.73. The zero-order valence-electron chi connectivity index (χ0n) is 13.8. The molecule has 0 spiro atoms. The summed E-state index contributed by atoms with van der Waals surface area (Å²) in [5.41, 5.74) is 4.66. The number of Topliss-reactive ketones (excluding diaryl/α,β-unsaturated/α-hetero) is 1. The minimum absolute atomic E-state index is 0.0454. The number of rotatable bonds is 4. The largest absolute Gasteiger partial charge is 0.332 e. The van der Waals surface area contributed by atoms with Crippen LogP contribution in [0.3, 0.4) is 0 Å². The van der Waals surface area contributed by atoms with Gasteiger partial charge in [-0.1, -0.05) is 48.5 Å². The van der Waals surface area contributed by atoms with E-state index in [4.69, 9.17) is 12.2 Å². The Morgan fingerprint density at radius 3 is 2.12 bits per heavy atom. The smallest absolute Gasteiger partial charge is 0.175 e. The lowest BCUT2D eigenvalue weighted by molar-refractivity contribution is 0.101. The van der Waals surface area contributed by atoms with E-state index < -0.39 is 0 Å². The van der Waals surface area contributed by atoms with E-state index in [2.05, 4.69) is 28.8 Å². The van der Waals surface area contributed by atoms with Crippen molar-refractivity contribution < 1.29 is 4.79 Å². The molecule has 0 aliphatic heterocycles. The van der Waals surface area contributed by atoms with E-state index in [-0.39, 0.29) is 5.78 Å². The predicted octanol–water partition coefficient (Wildman–Crippen LogP) is 5.37. The Morgan fingerprint density at radius 1 is 0.800 bits per heavy atom. The first-order valence-corrected chi connectivity index (χ1v) is 8.38. The molecule has 0 aliphatic carbocycles. The van der Waals surface area contributed by atoms with Crippen LogP contribution >= 0.6 is 12.2 Å². The van der Waals surface area contributed by atoms with Crippen molar-refractivity contribution in [3.8, 4) is 11.1 Å². The highest BCUT2D eigenvalue weighted by Crippen LogP contribution is 2.27. The van der Waals surface area contributed by atoms with Gasteiger partial charge in [0.1, 0.15) is 0 Å². The van der Waals surface area contributed by atoms with E-state index in [1.54, 1.807) is 19.1 Å². The minimum atomic E-state index is 0.0454. The highest BCUT2D eigenvalue weighted by atomic mass is 32.1. The Hall–Kier alpha value is -2.98. The van der Waals surface area contributed by atoms with Crippen LogP contribution in [0.5, 0.6) is 0 Å². The molecule has 25 heavy (non-hydrogen) atoms. The van der Waals surface area contributed by atoms with E-state index >= 15 is 0 Å². The first-order chi connectivity index (χ1) is 12.1. The van der Waals surface area contributed by atoms with Crippen molar-refractivity contribution >= 4 is 34.5 Å². The van der Waals surface area contributed by atoms with Gasteiger partial charge in [-0.3, -0.25) is 4.79 Å². The number of nitrogens with one attached hydrogen (secondary N) is 2. The number of carbonyl (C=O) groups is 1. The van der Waals surface area contributed by atoms with E-state index in [0.29, 0.717) is 10.7 Å². The van der Waals surface area contributed by atoms with Crippen LogP contribution in [0.1, 0.15) is 17.3 Å². The summed E-state index contributed by atoms with van der Waals surface area (Å²) < 4.78 is 0. The zero-order chi connectivity index (χ0) is 17.6. The maximum Gasteiger partial charge on any atom is 0.175 e. The Balaban J connectivity index is 1.74. The Bertz CT molecular complexity index is 889. The van der Waals surface area contributed by atoms with Crippen LogP contribution in [0.4, 0.5) is 11.4 Å². The van der Waals surface area contributed by atoms with Crippen molar-refractivity contribution in [3.63, 3.8) is 0 Å². The van der Waals surface area contributed by atoms with Crippen molar-refractivity contribution in [2.24, 2.45) is 0 Å². The van der Waals surface area contributed by atoms with Gasteiger partial charge >= 0.3 is 0 Å². The molecule has 2 N–H and O–H groups in total. The van der Waals surface area contributed by atoms with Crippen molar-refractivity contribution in [2.45, 2.75) is 6.92 Å². The lowest BCUT2D eigenvalue weighted by Crippen LogP contribution is -2.19. The molecule has 0 heterocycles. The number of hydrogen-bond donors (Lipinski definition) is 2. The number of anilines is 2. The molecule has 0 aromatic heterocycles. The molecule has 0 aliphatic rings. The molecule has 3 nitrogen and oxygen atoms in total. The van der Waals surface area contributed by atoms with Gasteiger partial charge in [-0.15, -0.1) is 0 Å². The van der Waals surface area contributed by atoms with Gasteiger partial charge in [0.05, 0.1) is 0 Å². The molecule has 0 radical (unpaired) electrons. The third-order valence-electron chi connectivity index (χ3n) is 3.81. The summed E-state index contributed by atoms with van der Waals surface area (Å²) in [6.45, 7) is 1.55. The number of para-hydroxylation sites is 1. The highest BCUT2D eigenvalue weighted by Gasteiger charge is 2.06. The average Bonchev–Trinajstić information content (AvgIpc) is 2.63. The fourth-order valence-electron chi connectivity index (χ4n) is 2.53. The van der Waals surface area contributed by atoms with E-state index in [9.17, 15) is 4.79 Å². The lowest BCUT2D eigenvalue weighted by atomic mass is 10.0. The first-order valence-electron chi connectivity index (χ1n) is 7.97. The second-order valence-corrected chi connectivity index (χ2v) is 6.03. The topological polar surface area (TPSA) is 41.1 Å². The summed E-state index contributed by atoms with van der Waals surface area (Å²) in [4.78, 5) is 11.3. The predicted molar refractivity (Wildman–Crippen MR) is 108 cm³/mol. The van der Waals surface area contributed by atoms with Crippen molar-refractivity contribution in [1.82, 2.24) is 0 Å². The molecule has 0 unspecified atom stereocenters. The molecule has 3 aromatic rings. The summed E-state index contributed by atoms with van der Waals surface area (Å²) in [5.74, 6) is 0.0454. The van der Waals surface area contributed by atoms with Gasteiger partial charge in [-0.2, -0.15) is 0 Å². The van der Waals surface area contributed by atoms with Crippen LogP contribution in [0.15, 0.2) is 78.9 Å². The molecular formula is C21H18N2OS. The minimum Gasteiger partial charge on any atom is -0.332 e. The van der Waals surface area contributed by atoms with Crippen LogP contribution in [0.25, 0.3) is 11.1 Å². The molecule has 0 amide bonds. The van der Waals surface area contributed by atoms with Crippen molar-refractivity contribution in [2.75, 3.05) is 10.6 Å². The number of carbonyl (C=O) groups excluding carboxylic acids is 1. The zero-order valence-corrected chi connectivity index (χ0v) is 14.6. The average molecular weight is 346 g/mol. The first kappa shape index (κ1) is 16.9. The SMILES string of the molecule is CC(=O)c1ccc(NC(=S)Nc2ccccc2-c2ccccc2)cc1. The quantitative estimate of drug-likeness (QED) is 0.492. The van der Waals surface area contributed by atoms with E-state index in [1.165, 1.54) is 0 Å². The molecular weight excluding hydrogens is 328 g/mol. The molecule has 0 saturated heterocycles. The van der Waals surface area contributed by atoms with Gasteiger partial charge in [0, 0.05) is 22.5 Å². The molecule has 4 heteroatoms. The summed E-state index contributed by atoms with van der Waals surface area (Å²) in [6, 6.07) is 25.4. The van der Waals surface area contributed by atoms with Crippen LogP contribution < -0.4 is 10.6 Å². The molecule has 0 atom stereocenters. The molecule has 3 rings (SSSR count). The van der Waals surface area contributed by atoms with Crippen molar-refractivity contribution in [1.29, 1.82) is 0 Å². The van der Waals surface area contributed by atoms with Gasteiger partial charge in [-0.05, 0) is 55.0 Å². The molecule has 124 valence electrons. The van der Waals surface area contributed by atoms with Gasteiger partial charge in [0.15, 0.2) is 10.9 Å². The summed E-state index contributed by atoms with van der Waals surface area (Å²) in [7, 11) is 0. The molecule has 0 saturated carbocycles. The Kier molecular flexibility index (Phi) is 5.21. The van der Waals surface area contributed by atoms with Crippen LogP contribution in [0.2, 0.25) is 0 Å². The second-order valence-electron chi connectivity index (χ2n) is 5.62. The van der Waals surface area contributed by atoms with Crippen molar-refractivity contribution in [3.05, 3.63) is 84.4 Å². The monoisotopic (exact) mass is 346 g/mol.